The van der Waals surface area contributed by atoms with Gasteiger partial charge in [-0.1, -0.05) is 13.8 Å². The van der Waals surface area contributed by atoms with Crippen LogP contribution in [0.25, 0.3) is 0 Å². The van der Waals surface area contributed by atoms with Crippen molar-refractivity contribution in [3.8, 4) is 0 Å². The predicted molar refractivity (Wildman–Crippen MR) is 54.8 cm³/mol. The maximum absolute atomic E-state index is 11.3. The zero-order valence-corrected chi connectivity index (χ0v) is 9.04. The first-order valence-electron chi connectivity index (χ1n) is 4.37. The molecule has 2 atom stereocenters. The molecule has 0 aliphatic heterocycles. The van der Waals surface area contributed by atoms with Crippen LogP contribution in [0.15, 0.2) is 0 Å². The van der Waals surface area contributed by atoms with Crippen molar-refractivity contribution in [3.05, 3.63) is 0 Å². The average Bonchev–Trinajstić information content (AvgIpc) is 2.16. The van der Waals surface area contributed by atoms with Crippen molar-refractivity contribution < 1.29 is 19.4 Å². The highest BCUT2D eigenvalue weighted by Gasteiger charge is 2.22. The second kappa shape index (κ2) is 6.62. The summed E-state index contributed by atoms with van der Waals surface area (Å²) in [7, 11) is 0. The minimum absolute atomic E-state index is 0.148. The lowest BCUT2D eigenvalue weighted by molar-refractivity contribution is -0.147. The van der Waals surface area contributed by atoms with Crippen LogP contribution >= 0.6 is 12.2 Å². The number of ketones is 1. The van der Waals surface area contributed by atoms with Gasteiger partial charge in [0.05, 0.1) is 0 Å². The van der Waals surface area contributed by atoms with Crippen LogP contribution in [0.2, 0.25) is 0 Å². The van der Waals surface area contributed by atoms with E-state index in [0.717, 1.165) is 5.55 Å². The number of aliphatic hydroxyl groups is 1. The Balaban J connectivity index is 4.04. The Morgan fingerprint density at radius 1 is 1.57 bits per heavy atom. The number of esters is 1. The summed E-state index contributed by atoms with van der Waals surface area (Å²) in [5.74, 6) is -1.18. The van der Waals surface area contributed by atoms with E-state index < -0.39 is 12.1 Å². The second-order valence-electron chi connectivity index (χ2n) is 3.03. The quantitative estimate of drug-likeness (QED) is 0.529. The average molecular weight is 218 g/mol. The number of thiocarbonyl (C=S) groups is 1. The van der Waals surface area contributed by atoms with Gasteiger partial charge in [0.2, 0.25) is 0 Å². The SMILES string of the molecule is CCC(C)C(=O)CC(O)C(=O)OC=S. The van der Waals surface area contributed by atoms with E-state index >= 15 is 0 Å². The highest BCUT2D eigenvalue weighted by molar-refractivity contribution is 7.78. The van der Waals surface area contributed by atoms with Gasteiger partial charge in [-0.2, -0.15) is 0 Å². The summed E-state index contributed by atoms with van der Waals surface area (Å²) in [5.41, 5.74) is 0.763. The molecule has 0 aromatic rings. The highest BCUT2D eigenvalue weighted by atomic mass is 32.1. The Hall–Kier alpha value is -0.810. The Morgan fingerprint density at radius 3 is 2.57 bits per heavy atom. The van der Waals surface area contributed by atoms with Gasteiger partial charge in [-0.3, -0.25) is 4.79 Å². The molecule has 0 saturated carbocycles. The second-order valence-corrected chi connectivity index (χ2v) is 3.22. The van der Waals surface area contributed by atoms with Crippen molar-refractivity contribution in [1.82, 2.24) is 0 Å². The normalized spacial score (nSPS) is 14.2. The third-order valence-electron chi connectivity index (χ3n) is 1.99. The maximum atomic E-state index is 11.3. The fourth-order valence-electron chi connectivity index (χ4n) is 0.829. The number of Topliss-reactive ketones (excluding diaryl/α,β-unsaturated/α-hetero) is 1. The summed E-state index contributed by atoms with van der Waals surface area (Å²) >= 11 is 4.27. The van der Waals surface area contributed by atoms with Gasteiger partial charge >= 0.3 is 5.97 Å². The Morgan fingerprint density at radius 2 is 2.14 bits per heavy atom. The van der Waals surface area contributed by atoms with Crippen LogP contribution in [0.5, 0.6) is 0 Å². The van der Waals surface area contributed by atoms with E-state index in [9.17, 15) is 14.7 Å². The van der Waals surface area contributed by atoms with Crippen LogP contribution in [0.4, 0.5) is 0 Å². The number of aliphatic hydroxyl groups excluding tert-OH is 1. The zero-order chi connectivity index (χ0) is 11.1. The molecule has 0 fully saturated rings. The van der Waals surface area contributed by atoms with Crippen LogP contribution < -0.4 is 0 Å². The molecule has 0 aliphatic rings. The number of hydrogen-bond donors (Lipinski definition) is 1. The third-order valence-corrected chi connectivity index (χ3v) is 2.09. The van der Waals surface area contributed by atoms with Gasteiger partial charge in [0.1, 0.15) is 5.78 Å². The van der Waals surface area contributed by atoms with Crippen molar-refractivity contribution in [1.29, 1.82) is 0 Å². The lowest BCUT2D eigenvalue weighted by Crippen LogP contribution is -2.27. The first kappa shape index (κ1) is 13.2. The van der Waals surface area contributed by atoms with E-state index in [1.54, 1.807) is 6.92 Å². The number of carbonyl (C=O) groups is 2. The van der Waals surface area contributed by atoms with E-state index in [1.165, 1.54) is 0 Å². The third kappa shape index (κ3) is 4.43. The summed E-state index contributed by atoms with van der Waals surface area (Å²) in [6, 6.07) is 0. The largest absolute Gasteiger partial charge is 0.421 e. The molecule has 0 aliphatic carbocycles. The van der Waals surface area contributed by atoms with E-state index in [-0.39, 0.29) is 18.1 Å². The van der Waals surface area contributed by atoms with E-state index in [0.29, 0.717) is 6.42 Å². The van der Waals surface area contributed by atoms with Gasteiger partial charge in [-0.25, -0.2) is 4.79 Å². The highest BCUT2D eigenvalue weighted by Crippen LogP contribution is 2.08. The topological polar surface area (TPSA) is 63.6 Å². The maximum Gasteiger partial charge on any atom is 0.341 e. The van der Waals surface area contributed by atoms with Crippen molar-refractivity contribution in [3.63, 3.8) is 0 Å². The first-order chi connectivity index (χ1) is 6.52. The van der Waals surface area contributed by atoms with Gasteiger partial charge in [-0.05, 0) is 18.6 Å². The molecule has 0 spiro atoms. The molecule has 80 valence electrons. The molecule has 0 heterocycles. The minimum atomic E-state index is -1.41. The molecular weight excluding hydrogens is 204 g/mol. The van der Waals surface area contributed by atoms with Crippen molar-refractivity contribution in [2.45, 2.75) is 32.8 Å². The Labute approximate surface area is 88.2 Å². The van der Waals surface area contributed by atoms with Gasteiger partial charge < -0.3 is 9.84 Å². The monoisotopic (exact) mass is 218 g/mol. The van der Waals surface area contributed by atoms with Crippen LogP contribution in [-0.4, -0.2) is 28.5 Å². The fraction of sp³-hybridized carbons (Fsp3) is 0.667. The van der Waals surface area contributed by atoms with E-state index in [1.807, 2.05) is 6.92 Å². The molecule has 0 amide bonds. The summed E-state index contributed by atoms with van der Waals surface area (Å²) in [6.45, 7) is 3.61. The number of carbonyl (C=O) groups excluding carboxylic acids is 2. The summed E-state index contributed by atoms with van der Waals surface area (Å²) in [4.78, 5) is 22.2. The first-order valence-corrected chi connectivity index (χ1v) is 4.85. The minimum Gasteiger partial charge on any atom is -0.421 e. The van der Waals surface area contributed by atoms with Crippen molar-refractivity contribution in [2.75, 3.05) is 0 Å². The fourth-order valence-corrected chi connectivity index (χ4v) is 0.924. The lowest BCUT2D eigenvalue weighted by atomic mass is 9.99. The van der Waals surface area contributed by atoms with Crippen molar-refractivity contribution in [2.24, 2.45) is 5.92 Å². The molecule has 1 N–H and O–H groups in total. The molecule has 0 saturated heterocycles. The molecule has 5 heteroatoms. The molecule has 4 nitrogen and oxygen atoms in total. The number of ether oxygens (including phenoxy) is 1. The number of hydrogen-bond acceptors (Lipinski definition) is 5. The van der Waals surface area contributed by atoms with Crippen LogP contribution in [0.1, 0.15) is 26.7 Å². The summed E-state index contributed by atoms with van der Waals surface area (Å²) in [5, 5.41) is 9.20. The molecule has 14 heavy (non-hydrogen) atoms. The lowest BCUT2D eigenvalue weighted by Gasteiger charge is -2.10. The Kier molecular flexibility index (Phi) is 6.23. The predicted octanol–water partition coefficient (Wildman–Crippen LogP) is 0.853. The molecule has 0 aromatic carbocycles. The Bertz CT molecular complexity index is 227. The van der Waals surface area contributed by atoms with Crippen LogP contribution in [-0.2, 0) is 14.3 Å². The molecule has 0 bridgehead atoms. The molecule has 0 radical (unpaired) electrons. The van der Waals surface area contributed by atoms with Crippen molar-refractivity contribution >= 4 is 29.5 Å². The van der Waals surface area contributed by atoms with Gasteiger partial charge in [0.25, 0.3) is 0 Å². The standard InChI is InChI=1S/C9H14O4S/c1-3-6(2)7(10)4-8(11)9(12)13-5-14/h5-6,8,11H,3-4H2,1-2H3. The molecule has 2 unspecified atom stereocenters. The smallest absolute Gasteiger partial charge is 0.341 e. The van der Waals surface area contributed by atoms with E-state index in [2.05, 4.69) is 17.0 Å². The molecule has 0 rings (SSSR count). The molecule has 0 aromatic heterocycles. The van der Waals surface area contributed by atoms with Gasteiger partial charge in [-0.15, -0.1) is 0 Å². The number of rotatable bonds is 6. The van der Waals surface area contributed by atoms with Crippen LogP contribution in [0, 0.1) is 5.92 Å². The summed E-state index contributed by atoms with van der Waals surface area (Å²) in [6.07, 6.45) is -0.930. The van der Waals surface area contributed by atoms with Gasteiger partial charge in [0.15, 0.2) is 11.7 Å². The van der Waals surface area contributed by atoms with Crippen LogP contribution in [0.3, 0.4) is 0 Å². The zero-order valence-electron chi connectivity index (χ0n) is 8.23. The van der Waals surface area contributed by atoms with E-state index in [4.69, 9.17) is 0 Å². The summed E-state index contributed by atoms with van der Waals surface area (Å²) < 4.78 is 4.27. The van der Waals surface area contributed by atoms with Gasteiger partial charge in [0, 0.05) is 12.3 Å². The molecular formula is C9H14O4S.